The summed E-state index contributed by atoms with van der Waals surface area (Å²) in [7, 11) is 1.31. The first-order valence-corrected chi connectivity index (χ1v) is 3.59. The Morgan fingerprint density at radius 3 is 3.00 bits per heavy atom. The second-order valence-corrected chi connectivity index (χ2v) is 2.56. The summed E-state index contributed by atoms with van der Waals surface area (Å²) in [6.07, 6.45) is -0.0871. The van der Waals surface area contributed by atoms with Crippen molar-refractivity contribution in [2.45, 2.75) is 12.5 Å². The lowest BCUT2D eigenvalue weighted by Gasteiger charge is -2.25. The number of aliphatic hydroxyl groups is 1. The van der Waals surface area contributed by atoms with Gasteiger partial charge in [-0.1, -0.05) is 0 Å². The number of hydrogen-bond donors (Lipinski definition) is 1. The Balaban J connectivity index is 2.47. The van der Waals surface area contributed by atoms with E-state index in [-0.39, 0.29) is 6.61 Å². The predicted octanol–water partition coefficient (Wildman–Crippen LogP) is -0.443. The Bertz CT molecular complexity index is 145. The van der Waals surface area contributed by atoms with E-state index >= 15 is 0 Å². The lowest BCUT2D eigenvalue weighted by atomic mass is 9.99. The van der Waals surface area contributed by atoms with E-state index in [0.717, 1.165) is 0 Å². The molecule has 0 amide bonds. The number of carbonyl (C=O) groups excluding carboxylic acids is 1. The lowest BCUT2D eigenvalue weighted by molar-refractivity contribution is -0.157. The van der Waals surface area contributed by atoms with E-state index in [1.54, 1.807) is 0 Å². The van der Waals surface area contributed by atoms with Gasteiger partial charge in [0.1, 0.15) is 5.92 Å². The normalized spacial score (nSPS) is 31.5. The van der Waals surface area contributed by atoms with Crippen molar-refractivity contribution >= 4 is 5.97 Å². The van der Waals surface area contributed by atoms with Crippen molar-refractivity contribution in [3.8, 4) is 0 Å². The summed E-state index contributed by atoms with van der Waals surface area (Å²) >= 11 is 0. The molecular formula is C7H12O4. The molecule has 0 saturated carbocycles. The number of methoxy groups -OCH3 is 1. The molecule has 0 spiro atoms. The Morgan fingerprint density at radius 1 is 1.73 bits per heavy atom. The number of carbonyl (C=O) groups is 1. The fourth-order valence-corrected chi connectivity index (χ4v) is 1.10. The molecule has 0 bridgehead atoms. The van der Waals surface area contributed by atoms with Gasteiger partial charge in [0.2, 0.25) is 0 Å². The summed E-state index contributed by atoms with van der Waals surface area (Å²) < 4.78 is 9.50. The van der Waals surface area contributed by atoms with Crippen molar-refractivity contribution in [3.05, 3.63) is 0 Å². The van der Waals surface area contributed by atoms with Crippen LogP contribution in [0.15, 0.2) is 0 Å². The topological polar surface area (TPSA) is 55.8 Å². The molecule has 1 heterocycles. The van der Waals surface area contributed by atoms with Crippen LogP contribution in [-0.4, -0.2) is 37.5 Å². The molecule has 1 N–H and O–H groups in total. The van der Waals surface area contributed by atoms with Gasteiger partial charge in [0.05, 0.1) is 19.8 Å². The maximum absolute atomic E-state index is 10.9. The first kappa shape index (κ1) is 8.49. The maximum Gasteiger partial charge on any atom is 0.313 e. The highest BCUT2D eigenvalue weighted by atomic mass is 16.5. The van der Waals surface area contributed by atoms with Gasteiger partial charge >= 0.3 is 5.97 Å². The van der Waals surface area contributed by atoms with Gasteiger partial charge in [0, 0.05) is 6.61 Å². The van der Waals surface area contributed by atoms with Crippen LogP contribution in [0.5, 0.6) is 0 Å². The first-order chi connectivity index (χ1) is 5.25. The van der Waals surface area contributed by atoms with Gasteiger partial charge < -0.3 is 14.6 Å². The SMILES string of the molecule is COC(=O)C1COCCC1O. The third kappa shape index (κ3) is 1.91. The molecule has 0 aliphatic carbocycles. The molecule has 4 nitrogen and oxygen atoms in total. The van der Waals surface area contributed by atoms with Gasteiger partial charge in [0.15, 0.2) is 0 Å². The zero-order valence-corrected chi connectivity index (χ0v) is 6.45. The Kier molecular flexibility index (Phi) is 2.84. The summed E-state index contributed by atoms with van der Waals surface area (Å²) in [5.41, 5.74) is 0. The standard InChI is InChI=1S/C7H12O4/c1-10-7(9)5-4-11-3-2-6(5)8/h5-6,8H,2-4H2,1H3. The molecule has 0 aromatic heterocycles. The fourth-order valence-electron chi connectivity index (χ4n) is 1.10. The highest BCUT2D eigenvalue weighted by Gasteiger charge is 2.30. The zero-order valence-electron chi connectivity index (χ0n) is 6.45. The molecule has 2 atom stereocenters. The van der Waals surface area contributed by atoms with E-state index in [1.807, 2.05) is 0 Å². The summed E-state index contributed by atoms with van der Waals surface area (Å²) in [6.45, 7) is 0.794. The third-order valence-electron chi connectivity index (χ3n) is 1.82. The Hall–Kier alpha value is -0.610. The molecule has 1 saturated heterocycles. The van der Waals surface area contributed by atoms with Gasteiger partial charge in [-0.05, 0) is 6.42 Å². The zero-order chi connectivity index (χ0) is 8.27. The molecule has 4 heteroatoms. The first-order valence-electron chi connectivity index (χ1n) is 3.59. The van der Waals surface area contributed by atoms with Crippen molar-refractivity contribution in [1.82, 2.24) is 0 Å². The van der Waals surface area contributed by atoms with Crippen LogP contribution in [0.3, 0.4) is 0 Å². The second-order valence-electron chi connectivity index (χ2n) is 2.56. The van der Waals surface area contributed by atoms with Crippen LogP contribution in [0.25, 0.3) is 0 Å². The van der Waals surface area contributed by atoms with Gasteiger partial charge in [-0.3, -0.25) is 4.79 Å². The summed E-state index contributed by atoms with van der Waals surface area (Å²) in [5.74, 6) is -0.883. The largest absolute Gasteiger partial charge is 0.469 e. The minimum Gasteiger partial charge on any atom is -0.469 e. The van der Waals surface area contributed by atoms with Crippen LogP contribution in [0, 0.1) is 5.92 Å². The van der Waals surface area contributed by atoms with E-state index in [0.29, 0.717) is 13.0 Å². The molecule has 0 radical (unpaired) electrons. The number of aliphatic hydroxyl groups excluding tert-OH is 1. The quantitative estimate of drug-likeness (QED) is 0.528. The van der Waals surface area contributed by atoms with Crippen molar-refractivity contribution in [1.29, 1.82) is 0 Å². The molecule has 11 heavy (non-hydrogen) atoms. The molecule has 2 unspecified atom stereocenters. The molecule has 1 fully saturated rings. The highest BCUT2D eigenvalue weighted by molar-refractivity contribution is 5.73. The highest BCUT2D eigenvalue weighted by Crippen LogP contribution is 2.15. The monoisotopic (exact) mass is 160 g/mol. The maximum atomic E-state index is 10.9. The molecule has 0 aromatic carbocycles. The van der Waals surface area contributed by atoms with Crippen LogP contribution in [-0.2, 0) is 14.3 Å². The lowest BCUT2D eigenvalue weighted by Crippen LogP contribution is -2.37. The fraction of sp³-hybridized carbons (Fsp3) is 0.857. The van der Waals surface area contributed by atoms with E-state index in [9.17, 15) is 9.90 Å². The molecule has 1 aliphatic heterocycles. The Morgan fingerprint density at radius 2 is 2.45 bits per heavy atom. The Labute approximate surface area is 65.1 Å². The van der Waals surface area contributed by atoms with E-state index < -0.39 is 18.0 Å². The van der Waals surface area contributed by atoms with Crippen molar-refractivity contribution in [2.24, 2.45) is 5.92 Å². The number of rotatable bonds is 1. The molecule has 64 valence electrons. The van der Waals surface area contributed by atoms with E-state index in [2.05, 4.69) is 4.74 Å². The summed E-state index contributed by atoms with van der Waals surface area (Å²) in [5, 5.41) is 9.29. The van der Waals surface area contributed by atoms with Crippen molar-refractivity contribution < 1.29 is 19.4 Å². The number of esters is 1. The molecule has 1 aliphatic rings. The smallest absolute Gasteiger partial charge is 0.313 e. The second kappa shape index (κ2) is 3.69. The molecule has 1 rings (SSSR count). The van der Waals surface area contributed by atoms with E-state index in [1.165, 1.54) is 7.11 Å². The van der Waals surface area contributed by atoms with Gasteiger partial charge in [-0.2, -0.15) is 0 Å². The van der Waals surface area contributed by atoms with Gasteiger partial charge in [-0.25, -0.2) is 0 Å². The van der Waals surface area contributed by atoms with Gasteiger partial charge in [0.25, 0.3) is 0 Å². The summed E-state index contributed by atoms with van der Waals surface area (Å²) in [4.78, 5) is 10.9. The van der Waals surface area contributed by atoms with Gasteiger partial charge in [-0.15, -0.1) is 0 Å². The minimum absolute atomic E-state index is 0.272. The number of hydrogen-bond acceptors (Lipinski definition) is 4. The summed E-state index contributed by atoms with van der Waals surface area (Å²) in [6, 6.07) is 0. The molecular weight excluding hydrogens is 148 g/mol. The third-order valence-corrected chi connectivity index (χ3v) is 1.82. The van der Waals surface area contributed by atoms with Crippen molar-refractivity contribution in [3.63, 3.8) is 0 Å². The van der Waals surface area contributed by atoms with Crippen LogP contribution in [0.2, 0.25) is 0 Å². The van der Waals surface area contributed by atoms with E-state index in [4.69, 9.17) is 4.74 Å². The average Bonchev–Trinajstić information content (AvgIpc) is 2.04. The van der Waals surface area contributed by atoms with Crippen LogP contribution in [0.1, 0.15) is 6.42 Å². The minimum atomic E-state index is -0.601. The predicted molar refractivity (Wildman–Crippen MR) is 36.9 cm³/mol. The number of ether oxygens (including phenoxy) is 2. The van der Waals surface area contributed by atoms with Crippen molar-refractivity contribution in [2.75, 3.05) is 20.3 Å². The van der Waals surface area contributed by atoms with Crippen LogP contribution in [0.4, 0.5) is 0 Å². The van der Waals surface area contributed by atoms with Crippen LogP contribution >= 0.6 is 0 Å². The average molecular weight is 160 g/mol. The molecule has 0 aromatic rings. The van der Waals surface area contributed by atoms with Crippen LogP contribution < -0.4 is 0 Å².